The van der Waals surface area contributed by atoms with E-state index in [9.17, 15) is 0 Å². The second-order valence-corrected chi connectivity index (χ2v) is 5.94. The van der Waals surface area contributed by atoms with Gasteiger partial charge in [0.1, 0.15) is 5.03 Å². The predicted octanol–water partition coefficient (Wildman–Crippen LogP) is 3.81. The van der Waals surface area contributed by atoms with Gasteiger partial charge in [0.25, 0.3) is 0 Å². The van der Waals surface area contributed by atoms with Crippen LogP contribution in [0.25, 0.3) is 0 Å². The van der Waals surface area contributed by atoms with Gasteiger partial charge in [0.2, 0.25) is 5.28 Å². The Labute approximate surface area is 108 Å². The summed E-state index contributed by atoms with van der Waals surface area (Å²) < 4.78 is 1.77. The summed E-state index contributed by atoms with van der Waals surface area (Å²) in [6.45, 7) is 1.96. The van der Waals surface area contributed by atoms with Gasteiger partial charge in [-0.15, -0.1) is 11.3 Å². The number of aryl methyl sites for hydroxylation is 1. The van der Waals surface area contributed by atoms with Gasteiger partial charge < -0.3 is 0 Å². The Kier molecular flexibility index (Phi) is 3.60. The Hall–Kier alpha value is -0.170. The van der Waals surface area contributed by atoms with Crippen LogP contribution in [0.1, 0.15) is 5.69 Å². The number of rotatable bonds is 2. The maximum atomic E-state index is 5.71. The molecular formula is C8H5BrClN3S2. The van der Waals surface area contributed by atoms with Gasteiger partial charge in [0.05, 0.1) is 4.47 Å². The van der Waals surface area contributed by atoms with Gasteiger partial charge in [0.15, 0.2) is 4.34 Å². The van der Waals surface area contributed by atoms with Crippen molar-refractivity contribution in [2.24, 2.45) is 0 Å². The van der Waals surface area contributed by atoms with Gasteiger partial charge in [-0.2, -0.15) is 0 Å². The third-order valence-corrected chi connectivity index (χ3v) is 4.55. The third kappa shape index (κ3) is 2.90. The van der Waals surface area contributed by atoms with Gasteiger partial charge in [-0.25, -0.2) is 15.0 Å². The molecule has 3 nitrogen and oxygen atoms in total. The molecule has 0 saturated carbocycles. The molecule has 0 unspecified atom stereocenters. The van der Waals surface area contributed by atoms with Crippen LogP contribution < -0.4 is 0 Å². The quantitative estimate of drug-likeness (QED) is 0.622. The summed E-state index contributed by atoms with van der Waals surface area (Å²) in [4.78, 5) is 12.3. The highest BCUT2D eigenvalue weighted by Crippen LogP contribution is 2.33. The van der Waals surface area contributed by atoms with Crippen LogP contribution in [0.4, 0.5) is 0 Å². The van der Waals surface area contributed by atoms with Crippen molar-refractivity contribution in [2.45, 2.75) is 16.3 Å². The van der Waals surface area contributed by atoms with Crippen LogP contribution in [0.2, 0.25) is 5.28 Å². The normalized spacial score (nSPS) is 10.6. The van der Waals surface area contributed by atoms with E-state index >= 15 is 0 Å². The lowest BCUT2D eigenvalue weighted by molar-refractivity contribution is 1.02. The minimum Gasteiger partial charge on any atom is -0.235 e. The van der Waals surface area contributed by atoms with E-state index in [1.165, 1.54) is 11.8 Å². The van der Waals surface area contributed by atoms with Gasteiger partial charge >= 0.3 is 0 Å². The molecule has 2 rings (SSSR count). The fourth-order valence-electron chi connectivity index (χ4n) is 0.865. The summed E-state index contributed by atoms with van der Waals surface area (Å²) in [6, 6.07) is 0. The van der Waals surface area contributed by atoms with Crippen molar-refractivity contribution in [1.82, 2.24) is 15.0 Å². The maximum Gasteiger partial charge on any atom is 0.223 e. The van der Waals surface area contributed by atoms with E-state index in [-0.39, 0.29) is 5.28 Å². The van der Waals surface area contributed by atoms with E-state index < -0.39 is 0 Å². The SMILES string of the molecule is Cc1csc(Sc2nc(Cl)ncc2Br)n1. The fourth-order valence-corrected chi connectivity index (χ4v) is 3.21. The minimum absolute atomic E-state index is 0.244. The number of halogens is 2. The van der Waals surface area contributed by atoms with Crippen LogP contribution in [0, 0.1) is 6.92 Å². The summed E-state index contributed by atoms with van der Waals surface area (Å²) >= 11 is 12.1. The topological polar surface area (TPSA) is 38.7 Å². The van der Waals surface area contributed by atoms with Gasteiger partial charge in [-0.1, -0.05) is 0 Å². The largest absolute Gasteiger partial charge is 0.235 e. The molecule has 0 fully saturated rings. The van der Waals surface area contributed by atoms with E-state index in [1.54, 1.807) is 17.5 Å². The van der Waals surface area contributed by atoms with Crippen LogP contribution in [0.15, 0.2) is 25.4 Å². The lowest BCUT2D eigenvalue weighted by Gasteiger charge is -1.99. The third-order valence-electron chi connectivity index (χ3n) is 1.46. The van der Waals surface area contributed by atoms with E-state index in [0.29, 0.717) is 0 Å². The number of aromatic nitrogens is 3. The Morgan fingerprint density at radius 2 is 2.27 bits per heavy atom. The van der Waals surface area contributed by atoms with Crippen molar-refractivity contribution < 1.29 is 0 Å². The van der Waals surface area contributed by atoms with Gasteiger partial charge in [0, 0.05) is 17.3 Å². The highest BCUT2D eigenvalue weighted by Gasteiger charge is 2.08. The molecule has 78 valence electrons. The van der Waals surface area contributed by atoms with E-state index in [1.807, 2.05) is 12.3 Å². The number of nitrogens with zero attached hydrogens (tertiary/aromatic N) is 3. The molecule has 7 heteroatoms. The highest BCUT2D eigenvalue weighted by atomic mass is 79.9. The highest BCUT2D eigenvalue weighted by molar-refractivity contribution is 9.10. The van der Waals surface area contributed by atoms with Gasteiger partial charge in [-0.3, -0.25) is 0 Å². The standard InChI is InChI=1S/C8H5BrClN3S2/c1-4-3-14-8(12-4)15-6-5(9)2-11-7(10)13-6/h2-3H,1H3. The molecule has 0 spiro atoms. The van der Waals surface area contributed by atoms with Crippen molar-refractivity contribution in [3.8, 4) is 0 Å². The van der Waals surface area contributed by atoms with Crippen LogP contribution in [0.3, 0.4) is 0 Å². The van der Waals surface area contributed by atoms with E-state index in [4.69, 9.17) is 11.6 Å². The molecule has 0 saturated heterocycles. The second-order valence-electron chi connectivity index (χ2n) is 2.65. The molecule has 0 bridgehead atoms. The Morgan fingerprint density at radius 1 is 1.47 bits per heavy atom. The first kappa shape index (κ1) is 11.3. The molecule has 0 aliphatic heterocycles. The lowest BCUT2D eigenvalue weighted by Crippen LogP contribution is -1.86. The summed E-state index contributed by atoms with van der Waals surface area (Å²) in [5, 5.41) is 3.03. The van der Waals surface area contributed by atoms with Gasteiger partial charge in [-0.05, 0) is 46.2 Å². The molecule has 2 aromatic rings. The molecule has 0 aromatic carbocycles. The van der Waals surface area contributed by atoms with Crippen LogP contribution in [-0.4, -0.2) is 15.0 Å². The Balaban J connectivity index is 2.27. The monoisotopic (exact) mass is 321 g/mol. The summed E-state index contributed by atoms with van der Waals surface area (Å²) in [7, 11) is 0. The smallest absolute Gasteiger partial charge is 0.223 e. The van der Waals surface area contributed by atoms with E-state index in [2.05, 4.69) is 30.9 Å². The second kappa shape index (κ2) is 4.78. The average molecular weight is 323 g/mol. The molecule has 0 atom stereocenters. The van der Waals surface area contributed by atoms with Crippen molar-refractivity contribution in [2.75, 3.05) is 0 Å². The van der Waals surface area contributed by atoms with Crippen LogP contribution in [-0.2, 0) is 0 Å². The molecule has 0 aliphatic rings. The minimum atomic E-state index is 0.244. The zero-order valence-corrected chi connectivity index (χ0v) is 11.5. The Bertz CT molecular complexity index is 488. The fraction of sp³-hybridized carbons (Fsp3) is 0.125. The zero-order valence-electron chi connectivity index (χ0n) is 7.57. The summed E-state index contributed by atoms with van der Waals surface area (Å²) in [5.41, 5.74) is 1.01. The summed E-state index contributed by atoms with van der Waals surface area (Å²) in [6.07, 6.45) is 1.64. The zero-order chi connectivity index (χ0) is 10.8. The van der Waals surface area contributed by atoms with Crippen LogP contribution >= 0.6 is 50.6 Å². The molecule has 2 heterocycles. The molecule has 15 heavy (non-hydrogen) atoms. The lowest BCUT2D eigenvalue weighted by atomic mass is 10.6. The first-order valence-corrected chi connectivity index (χ1v) is 6.80. The number of hydrogen-bond acceptors (Lipinski definition) is 5. The van der Waals surface area contributed by atoms with Crippen molar-refractivity contribution in [3.63, 3.8) is 0 Å². The molecular weight excluding hydrogens is 318 g/mol. The molecule has 2 aromatic heterocycles. The number of thiazole rings is 1. The Morgan fingerprint density at radius 3 is 2.93 bits per heavy atom. The molecule has 0 radical (unpaired) electrons. The molecule has 0 aliphatic carbocycles. The molecule has 0 N–H and O–H groups in total. The maximum absolute atomic E-state index is 5.71. The van der Waals surface area contributed by atoms with E-state index in [0.717, 1.165) is 19.5 Å². The number of hydrogen-bond donors (Lipinski definition) is 0. The average Bonchev–Trinajstić information content (AvgIpc) is 2.58. The van der Waals surface area contributed by atoms with Crippen molar-refractivity contribution in [3.05, 3.63) is 27.0 Å². The van der Waals surface area contributed by atoms with Crippen LogP contribution in [0.5, 0.6) is 0 Å². The van der Waals surface area contributed by atoms with Crippen molar-refractivity contribution in [1.29, 1.82) is 0 Å². The first-order chi connectivity index (χ1) is 7.15. The summed E-state index contributed by atoms with van der Waals surface area (Å²) in [5.74, 6) is 0. The molecule has 0 amide bonds. The van der Waals surface area contributed by atoms with Crippen molar-refractivity contribution >= 4 is 50.6 Å². The first-order valence-electron chi connectivity index (χ1n) is 3.93. The predicted molar refractivity (Wildman–Crippen MR) is 65.7 cm³/mol.